The zero-order valence-corrected chi connectivity index (χ0v) is 13.7. The van der Waals surface area contributed by atoms with Crippen LogP contribution in [0.25, 0.3) is 0 Å². The molecule has 19 heavy (non-hydrogen) atoms. The molecule has 1 aromatic heterocycles. The summed E-state index contributed by atoms with van der Waals surface area (Å²) in [6.07, 6.45) is 3.01. The Kier molecular flexibility index (Phi) is 4.59. The van der Waals surface area contributed by atoms with Crippen molar-refractivity contribution in [1.82, 2.24) is 10.2 Å². The van der Waals surface area contributed by atoms with Gasteiger partial charge in [0.1, 0.15) is 0 Å². The Morgan fingerprint density at radius 2 is 2.47 bits per heavy atom. The minimum Gasteiger partial charge on any atom is -0.374 e. The van der Waals surface area contributed by atoms with Gasteiger partial charge < -0.3 is 10.1 Å². The number of halogens is 1. The van der Waals surface area contributed by atoms with Crippen molar-refractivity contribution in [3.63, 3.8) is 0 Å². The van der Waals surface area contributed by atoms with Crippen molar-refractivity contribution >= 4 is 27.3 Å². The van der Waals surface area contributed by atoms with Crippen molar-refractivity contribution in [2.45, 2.75) is 38.0 Å². The summed E-state index contributed by atoms with van der Waals surface area (Å²) in [6, 6.07) is 5.40. The maximum Gasteiger partial charge on any atom is 0.0827 e. The molecule has 1 N–H and O–H groups in total. The van der Waals surface area contributed by atoms with E-state index < -0.39 is 0 Å². The molecule has 3 rings (SSSR count). The molecule has 0 saturated carbocycles. The predicted octanol–water partition coefficient (Wildman–Crippen LogP) is 3.02. The molecule has 2 aliphatic heterocycles. The number of hydrogen-bond acceptors (Lipinski definition) is 4. The molecule has 1 aromatic rings. The van der Waals surface area contributed by atoms with Crippen molar-refractivity contribution in [2.24, 2.45) is 0 Å². The lowest BCUT2D eigenvalue weighted by atomic mass is 10.2. The van der Waals surface area contributed by atoms with E-state index in [1.54, 1.807) is 11.3 Å². The third-order valence-electron chi connectivity index (χ3n) is 4.13. The standard InChI is InChI=1S/C14H21BrN2OS/c1-10(13-4-5-14(15)19-13)16-7-12-8-17-6-2-3-11(17)9-18-12/h4-5,10-12,16H,2-3,6-9H2,1H3. The van der Waals surface area contributed by atoms with E-state index in [0.717, 1.165) is 19.7 Å². The number of nitrogens with zero attached hydrogens (tertiary/aromatic N) is 1. The number of rotatable bonds is 4. The maximum absolute atomic E-state index is 5.97. The van der Waals surface area contributed by atoms with Gasteiger partial charge in [0, 0.05) is 30.1 Å². The fourth-order valence-corrected chi connectivity index (χ4v) is 4.43. The van der Waals surface area contributed by atoms with Crippen LogP contribution in [0, 0.1) is 0 Å². The average Bonchev–Trinajstić information content (AvgIpc) is 3.03. The Balaban J connectivity index is 1.47. The minimum atomic E-state index is 0.347. The molecule has 2 saturated heterocycles. The zero-order chi connectivity index (χ0) is 13.2. The van der Waals surface area contributed by atoms with Gasteiger partial charge in [0.2, 0.25) is 0 Å². The summed E-state index contributed by atoms with van der Waals surface area (Å²) in [5.41, 5.74) is 0. The Morgan fingerprint density at radius 3 is 3.26 bits per heavy atom. The van der Waals surface area contributed by atoms with Crippen molar-refractivity contribution in [3.05, 3.63) is 20.8 Å². The lowest BCUT2D eigenvalue weighted by molar-refractivity contribution is -0.0477. The predicted molar refractivity (Wildman–Crippen MR) is 82.8 cm³/mol. The molecule has 3 atom stereocenters. The number of ether oxygens (including phenoxy) is 1. The largest absolute Gasteiger partial charge is 0.374 e. The second kappa shape index (κ2) is 6.22. The Bertz CT molecular complexity index is 425. The van der Waals surface area contributed by atoms with Gasteiger partial charge in [-0.2, -0.15) is 0 Å². The van der Waals surface area contributed by atoms with Crippen LogP contribution in [0.4, 0.5) is 0 Å². The SMILES string of the molecule is CC(NCC1CN2CCCC2CO1)c1ccc(Br)s1. The first-order chi connectivity index (χ1) is 9.22. The quantitative estimate of drug-likeness (QED) is 0.908. The molecule has 0 bridgehead atoms. The summed E-state index contributed by atoms with van der Waals surface area (Å²) in [5.74, 6) is 0. The molecular weight excluding hydrogens is 324 g/mol. The molecule has 0 radical (unpaired) electrons. The Labute approximate surface area is 127 Å². The highest BCUT2D eigenvalue weighted by atomic mass is 79.9. The van der Waals surface area contributed by atoms with Gasteiger partial charge in [-0.3, -0.25) is 4.90 Å². The van der Waals surface area contributed by atoms with Crippen molar-refractivity contribution in [2.75, 3.05) is 26.2 Å². The lowest BCUT2D eigenvalue weighted by Crippen LogP contribution is -2.49. The monoisotopic (exact) mass is 344 g/mol. The summed E-state index contributed by atoms with van der Waals surface area (Å²) in [4.78, 5) is 3.98. The number of morpholine rings is 1. The molecule has 5 heteroatoms. The average molecular weight is 345 g/mol. The first kappa shape index (κ1) is 14.0. The highest BCUT2D eigenvalue weighted by Crippen LogP contribution is 2.27. The third kappa shape index (κ3) is 3.39. The van der Waals surface area contributed by atoms with Gasteiger partial charge in [-0.1, -0.05) is 0 Å². The highest BCUT2D eigenvalue weighted by Gasteiger charge is 2.32. The van der Waals surface area contributed by atoms with E-state index in [9.17, 15) is 0 Å². The van der Waals surface area contributed by atoms with E-state index in [4.69, 9.17) is 4.74 Å². The zero-order valence-electron chi connectivity index (χ0n) is 11.3. The first-order valence-corrected chi connectivity index (χ1v) is 8.67. The number of fused-ring (bicyclic) bond motifs is 1. The van der Waals surface area contributed by atoms with Crippen LogP contribution in [0.15, 0.2) is 15.9 Å². The summed E-state index contributed by atoms with van der Waals surface area (Å²) in [5, 5.41) is 3.60. The van der Waals surface area contributed by atoms with Crippen LogP contribution < -0.4 is 5.32 Å². The van der Waals surface area contributed by atoms with Crippen molar-refractivity contribution < 1.29 is 4.74 Å². The fourth-order valence-electron chi connectivity index (χ4n) is 2.98. The van der Waals surface area contributed by atoms with Crippen LogP contribution in [0.3, 0.4) is 0 Å². The van der Waals surface area contributed by atoms with Crippen LogP contribution in [0.2, 0.25) is 0 Å². The van der Waals surface area contributed by atoms with Gasteiger partial charge in [0.05, 0.1) is 16.5 Å². The van der Waals surface area contributed by atoms with Crippen LogP contribution in [-0.4, -0.2) is 43.3 Å². The molecule has 0 amide bonds. The second-order valence-corrected chi connectivity index (χ2v) is 8.01. The van der Waals surface area contributed by atoms with E-state index in [1.165, 1.54) is 28.0 Å². The van der Waals surface area contributed by atoms with E-state index in [1.807, 2.05) is 0 Å². The summed E-state index contributed by atoms with van der Waals surface area (Å²) in [6.45, 7) is 6.45. The molecule has 106 valence electrons. The van der Waals surface area contributed by atoms with Crippen LogP contribution in [0.5, 0.6) is 0 Å². The van der Waals surface area contributed by atoms with Gasteiger partial charge in [-0.05, 0) is 54.4 Å². The van der Waals surface area contributed by atoms with Crippen LogP contribution in [0.1, 0.15) is 30.7 Å². The van der Waals surface area contributed by atoms with Crippen LogP contribution in [-0.2, 0) is 4.74 Å². The van der Waals surface area contributed by atoms with Crippen LogP contribution >= 0.6 is 27.3 Å². The van der Waals surface area contributed by atoms with Gasteiger partial charge >= 0.3 is 0 Å². The highest BCUT2D eigenvalue weighted by molar-refractivity contribution is 9.11. The van der Waals surface area contributed by atoms with E-state index in [2.05, 4.69) is 45.2 Å². The van der Waals surface area contributed by atoms with Gasteiger partial charge in [0.15, 0.2) is 0 Å². The van der Waals surface area contributed by atoms with Crippen molar-refractivity contribution in [1.29, 1.82) is 0 Å². The molecule has 0 aromatic carbocycles. The third-order valence-corrected chi connectivity index (χ3v) is 5.94. The second-order valence-electron chi connectivity index (χ2n) is 5.52. The molecular formula is C14H21BrN2OS. The maximum atomic E-state index is 5.97. The van der Waals surface area contributed by atoms with Crippen molar-refractivity contribution in [3.8, 4) is 0 Å². The van der Waals surface area contributed by atoms with Gasteiger partial charge in [-0.25, -0.2) is 0 Å². The molecule has 0 spiro atoms. The summed E-state index contributed by atoms with van der Waals surface area (Å²) in [7, 11) is 0. The van der Waals surface area contributed by atoms with Gasteiger partial charge in [-0.15, -0.1) is 11.3 Å². The van der Waals surface area contributed by atoms with E-state index in [-0.39, 0.29) is 0 Å². The fraction of sp³-hybridized carbons (Fsp3) is 0.714. The normalized spacial score (nSPS) is 29.4. The minimum absolute atomic E-state index is 0.347. The van der Waals surface area contributed by atoms with E-state index in [0.29, 0.717) is 18.2 Å². The number of nitrogens with one attached hydrogen (secondary N) is 1. The number of hydrogen-bond donors (Lipinski definition) is 1. The summed E-state index contributed by atoms with van der Waals surface area (Å²) < 4.78 is 7.17. The molecule has 3 nitrogen and oxygen atoms in total. The molecule has 2 aliphatic rings. The Morgan fingerprint density at radius 1 is 1.58 bits per heavy atom. The molecule has 2 fully saturated rings. The lowest BCUT2D eigenvalue weighted by Gasteiger charge is -2.35. The molecule has 3 heterocycles. The smallest absolute Gasteiger partial charge is 0.0827 e. The Hall–Kier alpha value is 0.0600. The topological polar surface area (TPSA) is 24.5 Å². The number of thiophene rings is 1. The summed E-state index contributed by atoms with van der Waals surface area (Å²) >= 11 is 5.32. The first-order valence-electron chi connectivity index (χ1n) is 7.06. The van der Waals surface area contributed by atoms with E-state index >= 15 is 0 Å². The molecule has 3 unspecified atom stereocenters. The molecule has 0 aliphatic carbocycles. The van der Waals surface area contributed by atoms with Gasteiger partial charge in [0.25, 0.3) is 0 Å².